The van der Waals surface area contributed by atoms with Crippen molar-refractivity contribution in [1.29, 1.82) is 0 Å². The summed E-state index contributed by atoms with van der Waals surface area (Å²) in [5.74, 6) is -0.896. The third-order valence-corrected chi connectivity index (χ3v) is 2.91. The Morgan fingerprint density at radius 1 is 1.39 bits per heavy atom. The molecule has 1 heterocycles. The Morgan fingerprint density at radius 3 is 2.83 bits per heavy atom. The minimum atomic E-state index is -0.596. The van der Waals surface area contributed by atoms with E-state index in [0.717, 1.165) is 11.6 Å². The van der Waals surface area contributed by atoms with E-state index in [2.05, 4.69) is 4.98 Å². The lowest BCUT2D eigenvalue weighted by Gasteiger charge is -2.05. The van der Waals surface area contributed by atoms with Crippen LogP contribution in [0.25, 0.3) is 0 Å². The highest BCUT2D eigenvalue weighted by molar-refractivity contribution is 6.30. The zero-order valence-electron chi connectivity index (χ0n) is 9.78. The lowest BCUT2D eigenvalue weighted by molar-refractivity contribution is 0.0988. The number of nitrogens with zero attached hydrogens (tertiary/aromatic N) is 1. The van der Waals surface area contributed by atoms with E-state index < -0.39 is 5.82 Å². The first kappa shape index (κ1) is 12.7. The fourth-order valence-corrected chi connectivity index (χ4v) is 1.83. The molecule has 0 unspecified atom stereocenters. The monoisotopic (exact) mass is 263 g/mol. The molecule has 0 spiro atoms. The standard InChI is InChI=1S/C14H11ClFNO/c1-9-3-2-6-17-13(9)8-14(18)11-5-4-10(15)7-12(11)16/h2-7H,8H2,1H3. The lowest BCUT2D eigenvalue weighted by atomic mass is 10.0. The van der Waals surface area contributed by atoms with Gasteiger partial charge in [0.2, 0.25) is 0 Å². The van der Waals surface area contributed by atoms with Crippen LogP contribution in [0.15, 0.2) is 36.5 Å². The van der Waals surface area contributed by atoms with Crippen LogP contribution in [-0.2, 0) is 6.42 Å². The summed E-state index contributed by atoms with van der Waals surface area (Å²) in [5, 5.41) is 0.276. The van der Waals surface area contributed by atoms with Gasteiger partial charge in [0.1, 0.15) is 5.82 Å². The molecular formula is C14H11ClFNO. The SMILES string of the molecule is Cc1cccnc1CC(=O)c1ccc(Cl)cc1F. The normalized spacial score (nSPS) is 10.4. The molecule has 2 rings (SSSR count). The summed E-state index contributed by atoms with van der Waals surface area (Å²) in [7, 11) is 0. The van der Waals surface area contributed by atoms with E-state index in [1.54, 1.807) is 12.3 Å². The Kier molecular flexibility index (Phi) is 3.72. The number of aryl methyl sites for hydroxylation is 1. The first-order valence-corrected chi connectivity index (χ1v) is 5.84. The molecule has 2 nitrogen and oxygen atoms in total. The van der Waals surface area contributed by atoms with Gasteiger partial charge in [-0.1, -0.05) is 17.7 Å². The van der Waals surface area contributed by atoms with E-state index >= 15 is 0 Å². The first-order chi connectivity index (χ1) is 8.58. The predicted octanol–water partition coefficient (Wildman–Crippen LogP) is 3.61. The maximum atomic E-state index is 13.6. The molecule has 0 saturated heterocycles. The second-order valence-corrected chi connectivity index (χ2v) is 4.43. The minimum absolute atomic E-state index is 0.0458. The molecule has 1 aromatic carbocycles. The van der Waals surface area contributed by atoms with E-state index in [9.17, 15) is 9.18 Å². The van der Waals surface area contributed by atoms with Gasteiger partial charge in [-0.2, -0.15) is 0 Å². The molecule has 2 aromatic rings. The highest BCUT2D eigenvalue weighted by Gasteiger charge is 2.14. The lowest BCUT2D eigenvalue weighted by Crippen LogP contribution is -2.08. The third-order valence-electron chi connectivity index (χ3n) is 2.68. The Bertz CT molecular complexity index is 598. The maximum Gasteiger partial charge on any atom is 0.171 e. The molecule has 0 atom stereocenters. The van der Waals surface area contributed by atoms with Gasteiger partial charge in [0.05, 0.1) is 17.7 Å². The van der Waals surface area contributed by atoms with Crippen molar-refractivity contribution < 1.29 is 9.18 Å². The minimum Gasteiger partial charge on any atom is -0.294 e. The highest BCUT2D eigenvalue weighted by Crippen LogP contribution is 2.17. The van der Waals surface area contributed by atoms with Gasteiger partial charge in [0, 0.05) is 11.2 Å². The summed E-state index contributed by atoms with van der Waals surface area (Å²) < 4.78 is 13.6. The molecule has 0 amide bonds. The number of ketones is 1. The maximum absolute atomic E-state index is 13.6. The number of rotatable bonds is 3. The van der Waals surface area contributed by atoms with Gasteiger partial charge in [-0.3, -0.25) is 9.78 Å². The molecule has 1 aromatic heterocycles. The number of aromatic nitrogens is 1. The first-order valence-electron chi connectivity index (χ1n) is 5.46. The van der Waals surface area contributed by atoms with Gasteiger partial charge in [0.15, 0.2) is 5.78 Å². The van der Waals surface area contributed by atoms with Crippen molar-refractivity contribution >= 4 is 17.4 Å². The molecule has 0 radical (unpaired) electrons. The molecule has 92 valence electrons. The van der Waals surface area contributed by atoms with Crippen molar-refractivity contribution in [2.45, 2.75) is 13.3 Å². The summed E-state index contributed by atoms with van der Waals surface area (Å²) in [6, 6.07) is 7.71. The molecule has 4 heteroatoms. The quantitative estimate of drug-likeness (QED) is 0.792. The van der Waals surface area contributed by atoms with Crippen LogP contribution in [-0.4, -0.2) is 10.8 Å². The van der Waals surface area contributed by atoms with Crippen LogP contribution in [0.4, 0.5) is 4.39 Å². The number of Topliss-reactive ketones (excluding diaryl/α,β-unsaturated/α-hetero) is 1. The van der Waals surface area contributed by atoms with Crippen LogP contribution in [0, 0.1) is 12.7 Å². The summed E-state index contributed by atoms with van der Waals surface area (Å²) >= 11 is 5.64. The Hall–Kier alpha value is -1.74. The number of hydrogen-bond acceptors (Lipinski definition) is 2. The highest BCUT2D eigenvalue weighted by atomic mass is 35.5. The molecule has 18 heavy (non-hydrogen) atoms. The summed E-state index contributed by atoms with van der Waals surface area (Å²) in [5.41, 5.74) is 1.63. The topological polar surface area (TPSA) is 30.0 Å². The van der Waals surface area contributed by atoms with Crippen LogP contribution in [0.3, 0.4) is 0 Å². The van der Waals surface area contributed by atoms with Gasteiger partial charge in [-0.15, -0.1) is 0 Å². The van der Waals surface area contributed by atoms with Crippen molar-refractivity contribution in [3.05, 3.63) is 64.2 Å². The van der Waals surface area contributed by atoms with E-state index in [4.69, 9.17) is 11.6 Å². The van der Waals surface area contributed by atoms with E-state index in [1.807, 2.05) is 13.0 Å². The van der Waals surface area contributed by atoms with Crippen molar-refractivity contribution in [3.63, 3.8) is 0 Å². The second-order valence-electron chi connectivity index (χ2n) is 3.99. The Balaban J connectivity index is 2.25. The van der Waals surface area contributed by atoms with E-state index in [0.29, 0.717) is 5.69 Å². The molecule has 0 N–H and O–H groups in total. The largest absolute Gasteiger partial charge is 0.294 e. The number of halogens is 2. The number of carbonyl (C=O) groups is 1. The predicted molar refractivity (Wildman–Crippen MR) is 68.4 cm³/mol. The van der Waals surface area contributed by atoms with E-state index in [-0.39, 0.29) is 22.8 Å². The van der Waals surface area contributed by atoms with Gasteiger partial charge >= 0.3 is 0 Å². The van der Waals surface area contributed by atoms with Gasteiger partial charge in [0.25, 0.3) is 0 Å². The van der Waals surface area contributed by atoms with Crippen LogP contribution < -0.4 is 0 Å². The summed E-state index contributed by atoms with van der Waals surface area (Å²) in [6.45, 7) is 1.87. The Labute approximate surface area is 109 Å². The molecule has 0 fully saturated rings. The zero-order chi connectivity index (χ0) is 13.1. The average molecular weight is 264 g/mol. The summed E-state index contributed by atoms with van der Waals surface area (Å²) in [6.07, 6.45) is 1.71. The molecule has 0 aliphatic heterocycles. The fourth-order valence-electron chi connectivity index (χ4n) is 1.67. The Morgan fingerprint density at radius 2 is 2.17 bits per heavy atom. The average Bonchev–Trinajstić information content (AvgIpc) is 2.32. The number of benzene rings is 1. The van der Waals surface area contributed by atoms with Crippen LogP contribution in [0.5, 0.6) is 0 Å². The van der Waals surface area contributed by atoms with Gasteiger partial charge in [-0.05, 0) is 36.8 Å². The summed E-state index contributed by atoms with van der Waals surface area (Å²) in [4.78, 5) is 16.1. The van der Waals surface area contributed by atoms with Gasteiger partial charge in [-0.25, -0.2) is 4.39 Å². The molecule has 0 aliphatic carbocycles. The van der Waals surface area contributed by atoms with Crippen molar-refractivity contribution in [2.24, 2.45) is 0 Å². The molecule has 0 saturated carbocycles. The second kappa shape index (κ2) is 5.27. The van der Waals surface area contributed by atoms with Crippen LogP contribution in [0.1, 0.15) is 21.6 Å². The van der Waals surface area contributed by atoms with Crippen molar-refractivity contribution in [3.8, 4) is 0 Å². The fraction of sp³-hybridized carbons (Fsp3) is 0.143. The molecular weight excluding hydrogens is 253 g/mol. The number of hydrogen-bond donors (Lipinski definition) is 0. The zero-order valence-corrected chi connectivity index (χ0v) is 10.5. The van der Waals surface area contributed by atoms with E-state index in [1.165, 1.54) is 12.1 Å². The van der Waals surface area contributed by atoms with Crippen molar-refractivity contribution in [2.75, 3.05) is 0 Å². The van der Waals surface area contributed by atoms with Gasteiger partial charge < -0.3 is 0 Å². The smallest absolute Gasteiger partial charge is 0.171 e. The molecule has 0 aliphatic rings. The number of pyridine rings is 1. The van der Waals surface area contributed by atoms with Crippen LogP contribution >= 0.6 is 11.6 Å². The van der Waals surface area contributed by atoms with Crippen LogP contribution in [0.2, 0.25) is 5.02 Å². The van der Waals surface area contributed by atoms with Crippen molar-refractivity contribution in [1.82, 2.24) is 4.98 Å². The third kappa shape index (κ3) is 2.74. The molecule has 0 bridgehead atoms. The number of carbonyl (C=O) groups excluding carboxylic acids is 1.